The Morgan fingerprint density at radius 2 is 1.44 bits per heavy atom. The summed E-state index contributed by atoms with van der Waals surface area (Å²) in [4.78, 5) is 27.0. The molecule has 0 aliphatic heterocycles. The third kappa shape index (κ3) is 5.66. The molecule has 2 amide bonds. The van der Waals surface area contributed by atoms with E-state index in [1.54, 1.807) is 6.07 Å². The molecule has 1 aromatic heterocycles. The lowest BCUT2D eigenvalue weighted by Crippen LogP contribution is -2.19. The van der Waals surface area contributed by atoms with Crippen LogP contribution >= 0.6 is 23.1 Å². The molecule has 0 bridgehead atoms. The Balaban J connectivity index is 1.49. The van der Waals surface area contributed by atoms with E-state index in [-0.39, 0.29) is 11.8 Å². The Labute approximate surface area is 195 Å². The molecule has 0 saturated heterocycles. The normalized spacial score (nSPS) is 11.5. The highest BCUT2D eigenvalue weighted by atomic mass is 32.2. The number of thioether (sulfide) groups is 1. The zero-order valence-electron chi connectivity index (χ0n) is 17.4. The first kappa shape index (κ1) is 21.9. The van der Waals surface area contributed by atoms with Crippen LogP contribution in [0.4, 0.5) is 11.4 Å². The molecule has 160 valence electrons. The van der Waals surface area contributed by atoms with Gasteiger partial charge in [0.05, 0.1) is 4.88 Å². The molecule has 1 heterocycles. The summed E-state index contributed by atoms with van der Waals surface area (Å²) in [6.07, 6.45) is 0. The second-order valence-corrected chi connectivity index (χ2v) is 9.35. The zero-order valence-corrected chi connectivity index (χ0v) is 19.1. The predicted octanol–water partition coefficient (Wildman–Crippen LogP) is 6.78. The van der Waals surface area contributed by atoms with Crippen molar-refractivity contribution in [3.05, 3.63) is 112 Å². The molecule has 4 aromatic rings. The predicted molar refractivity (Wildman–Crippen MR) is 134 cm³/mol. The van der Waals surface area contributed by atoms with Gasteiger partial charge in [-0.15, -0.1) is 23.1 Å². The maximum absolute atomic E-state index is 13.2. The molecule has 4 nitrogen and oxygen atoms in total. The van der Waals surface area contributed by atoms with Crippen molar-refractivity contribution in [1.29, 1.82) is 0 Å². The van der Waals surface area contributed by atoms with Crippen LogP contribution in [0, 0.1) is 6.92 Å². The Hall–Kier alpha value is -3.35. The van der Waals surface area contributed by atoms with E-state index in [0.29, 0.717) is 10.6 Å². The highest BCUT2D eigenvalue weighted by molar-refractivity contribution is 8.00. The first-order valence-electron chi connectivity index (χ1n) is 10.1. The number of rotatable bonds is 7. The van der Waals surface area contributed by atoms with E-state index in [1.807, 2.05) is 97.2 Å². The van der Waals surface area contributed by atoms with E-state index in [0.717, 1.165) is 21.7 Å². The van der Waals surface area contributed by atoms with Crippen molar-refractivity contribution < 1.29 is 9.59 Å². The van der Waals surface area contributed by atoms with Crippen molar-refractivity contribution in [3.8, 4) is 0 Å². The molecule has 0 spiro atoms. The molecule has 0 radical (unpaired) electrons. The van der Waals surface area contributed by atoms with Crippen molar-refractivity contribution in [3.63, 3.8) is 0 Å². The fourth-order valence-corrected chi connectivity index (χ4v) is 4.74. The first-order valence-corrected chi connectivity index (χ1v) is 11.9. The maximum atomic E-state index is 13.2. The molecule has 4 rings (SSSR count). The largest absolute Gasteiger partial charge is 0.325 e. The Morgan fingerprint density at radius 3 is 2.09 bits per heavy atom. The maximum Gasteiger partial charge on any atom is 0.265 e. The summed E-state index contributed by atoms with van der Waals surface area (Å²) in [5, 5.41) is 7.39. The van der Waals surface area contributed by atoms with Crippen molar-refractivity contribution in [2.24, 2.45) is 0 Å². The number of thiophene rings is 1. The van der Waals surface area contributed by atoms with Gasteiger partial charge in [0.1, 0.15) is 5.25 Å². The Kier molecular flexibility index (Phi) is 7.04. The van der Waals surface area contributed by atoms with Gasteiger partial charge in [-0.3, -0.25) is 9.59 Å². The fourth-order valence-electron chi connectivity index (χ4n) is 3.10. The van der Waals surface area contributed by atoms with E-state index in [9.17, 15) is 9.59 Å². The third-order valence-corrected chi connectivity index (χ3v) is 6.91. The molecule has 6 heteroatoms. The van der Waals surface area contributed by atoms with Gasteiger partial charge in [-0.1, -0.05) is 54.1 Å². The van der Waals surface area contributed by atoms with Crippen molar-refractivity contribution in [2.45, 2.75) is 17.1 Å². The summed E-state index contributed by atoms with van der Waals surface area (Å²) >= 11 is 2.88. The summed E-state index contributed by atoms with van der Waals surface area (Å²) in [7, 11) is 0. The van der Waals surface area contributed by atoms with Gasteiger partial charge in [0, 0.05) is 16.3 Å². The molecule has 1 unspecified atom stereocenters. The average molecular weight is 459 g/mol. The molecule has 32 heavy (non-hydrogen) atoms. The summed E-state index contributed by atoms with van der Waals surface area (Å²) < 4.78 is 0. The van der Waals surface area contributed by atoms with Gasteiger partial charge in [0.2, 0.25) is 5.91 Å². The smallest absolute Gasteiger partial charge is 0.265 e. The Bertz CT molecular complexity index is 1170. The molecule has 3 aromatic carbocycles. The van der Waals surface area contributed by atoms with Crippen LogP contribution < -0.4 is 10.6 Å². The number of carbonyl (C=O) groups is 2. The minimum absolute atomic E-state index is 0.0832. The van der Waals surface area contributed by atoms with Crippen LogP contribution in [-0.2, 0) is 4.79 Å². The standard InChI is InChI=1S/C26H22N2O2S2/c1-18-9-11-20(12-10-18)28-26(30)24(19-6-3-2-4-7-19)32-22-15-13-21(14-16-22)27-25(29)23-8-5-17-31-23/h2-17,24H,1H3,(H,27,29)(H,28,30). The molecule has 0 fully saturated rings. The van der Waals surface area contributed by atoms with Crippen LogP contribution in [0.2, 0.25) is 0 Å². The number of carbonyl (C=O) groups excluding carboxylic acids is 2. The molecule has 0 aliphatic rings. The first-order chi connectivity index (χ1) is 15.6. The van der Waals surface area contributed by atoms with E-state index in [1.165, 1.54) is 23.1 Å². The number of nitrogens with one attached hydrogen (secondary N) is 2. The van der Waals surface area contributed by atoms with Gasteiger partial charge >= 0.3 is 0 Å². The quantitative estimate of drug-likeness (QED) is 0.300. The summed E-state index contributed by atoms with van der Waals surface area (Å²) in [6, 6.07) is 28.7. The lowest BCUT2D eigenvalue weighted by molar-refractivity contribution is -0.115. The molecule has 1 atom stereocenters. The SMILES string of the molecule is Cc1ccc(NC(=O)C(Sc2ccc(NC(=O)c3cccs3)cc2)c2ccccc2)cc1. The number of aryl methyl sites for hydroxylation is 1. The van der Waals surface area contributed by atoms with Gasteiger partial charge in [-0.2, -0.15) is 0 Å². The third-order valence-electron chi connectivity index (χ3n) is 4.77. The lowest BCUT2D eigenvalue weighted by atomic mass is 10.1. The minimum atomic E-state index is -0.413. The fraction of sp³-hybridized carbons (Fsp3) is 0.0769. The van der Waals surface area contributed by atoms with Gasteiger partial charge in [0.25, 0.3) is 5.91 Å². The van der Waals surface area contributed by atoms with Crippen LogP contribution in [0.5, 0.6) is 0 Å². The summed E-state index contributed by atoms with van der Waals surface area (Å²) in [5.74, 6) is -0.208. The molecular weight excluding hydrogens is 436 g/mol. The van der Waals surface area contributed by atoms with Gasteiger partial charge in [-0.25, -0.2) is 0 Å². The van der Waals surface area contributed by atoms with Crippen molar-refractivity contribution in [1.82, 2.24) is 0 Å². The minimum Gasteiger partial charge on any atom is -0.325 e. The molecular formula is C26H22N2O2S2. The van der Waals surface area contributed by atoms with Crippen LogP contribution in [0.25, 0.3) is 0 Å². The van der Waals surface area contributed by atoms with Crippen molar-refractivity contribution >= 4 is 46.3 Å². The highest BCUT2D eigenvalue weighted by Crippen LogP contribution is 2.36. The summed E-state index contributed by atoms with van der Waals surface area (Å²) in [6.45, 7) is 2.01. The van der Waals surface area contributed by atoms with Crippen LogP contribution in [0.3, 0.4) is 0 Å². The molecule has 2 N–H and O–H groups in total. The topological polar surface area (TPSA) is 58.2 Å². The number of anilines is 2. The lowest BCUT2D eigenvalue weighted by Gasteiger charge is -2.17. The van der Waals surface area contributed by atoms with E-state index < -0.39 is 5.25 Å². The zero-order chi connectivity index (χ0) is 22.3. The molecule has 0 saturated carbocycles. The second-order valence-electron chi connectivity index (χ2n) is 7.22. The van der Waals surface area contributed by atoms with Crippen molar-refractivity contribution in [2.75, 3.05) is 10.6 Å². The number of hydrogen-bond acceptors (Lipinski definition) is 4. The van der Waals surface area contributed by atoms with Crippen LogP contribution in [0.15, 0.2) is 101 Å². The monoisotopic (exact) mass is 458 g/mol. The highest BCUT2D eigenvalue weighted by Gasteiger charge is 2.22. The van der Waals surface area contributed by atoms with E-state index >= 15 is 0 Å². The molecule has 0 aliphatic carbocycles. The Morgan fingerprint density at radius 1 is 0.781 bits per heavy atom. The van der Waals surface area contributed by atoms with Gasteiger partial charge in [0.15, 0.2) is 0 Å². The number of hydrogen-bond donors (Lipinski definition) is 2. The van der Waals surface area contributed by atoms with E-state index in [2.05, 4.69) is 10.6 Å². The van der Waals surface area contributed by atoms with Gasteiger partial charge in [-0.05, 0) is 60.3 Å². The van der Waals surface area contributed by atoms with E-state index in [4.69, 9.17) is 0 Å². The second kappa shape index (κ2) is 10.3. The average Bonchev–Trinajstić information content (AvgIpc) is 3.36. The van der Waals surface area contributed by atoms with Crippen LogP contribution in [-0.4, -0.2) is 11.8 Å². The summed E-state index contributed by atoms with van der Waals surface area (Å²) in [5.41, 5.74) is 3.56. The number of benzene rings is 3. The van der Waals surface area contributed by atoms with Crippen LogP contribution in [0.1, 0.15) is 26.0 Å². The van der Waals surface area contributed by atoms with Gasteiger partial charge < -0.3 is 10.6 Å². The number of amides is 2.